The molecular weight excluding hydrogens is 358 g/mol. The summed E-state index contributed by atoms with van der Waals surface area (Å²) in [6, 6.07) is 8.11. The monoisotopic (exact) mass is 375 g/mol. The molecule has 0 radical (unpaired) electrons. The number of H-pyrrole nitrogens is 1. The molecule has 1 aromatic carbocycles. The molecule has 3 nitrogen and oxygen atoms in total. The summed E-state index contributed by atoms with van der Waals surface area (Å²) in [5, 5.41) is 1.16. The molecule has 1 aromatic heterocycles. The number of thioether (sulfide) groups is 1. The van der Waals surface area contributed by atoms with Crippen molar-refractivity contribution in [3.05, 3.63) is 28.9 Å². The van der Waals surface area contributed by atoms with Crippen LogP contribution in [0, 0.1) is 4.64 Å². The van der Waals surface area contributed by atoms with Crippen molar-refractivity contribution in [2.24, 2.45) is 0 Å². The first-order valence-electron chi connectivity index (χ1n) is 5.99. The van der Waals surface area contributed by atoms with Gasteiger partial charge in [-0.25, -0.2) is 0 Å². The van der Waals surface area contributed by atoms with Crippen molar-refractivity contribution in [3.63, 3.8) is 0 Å². The number of aromatic nitrogens is 1. The summed E-state index contributed by atoms with van der Waals surface area (Å²) in [7, 11) is 7.64. The molecule has 2 rings (SSSR count). The van der Waals surface area contributed by atoms with Crippen LogP contribution in [0.3, 0.4) is 0 Å². The first-order chi connectivity index (χ1) is 9.82. The summed E-state index contributed by atoms with van der Waals surface area (Å²) in [4.78, 5) is 3.74. The first-order valence-corrected chi connectivity index (χ1v) is 8.85. The molecule has 1 heterocycles. The highest BCUT2D eigenvalue weighted by Crippen LogP contribution is 2.18. The van der Waals surface area contributed by atoms with Crippen LogP contribution >= 0.6 is 59.9 Å². The van der Waals surface area contributed by atoms with Crippen molar-refractivity contribution in [2.75, 3.05) is 28.2 Å². The third-order valence-electron chi connectivity index (χ3n) is 2.29. The molecule has 0 unspecified atom stereocenters. The number of nitrogens with one attached hydrogen (secondary N) is 1. The molecule has 0 fully saturated rings. The molecule has 0 bridgehead atoms. The highest BCUT2D eigenvalue weighted by Gasteiger charge is 2.05. The van der Waals surface area contributed by atoms with Gasteiger partial charge in [0.2, 0.25) is 0 Å². The SMILES string of the molecule is CN(C)C(=S)SC(=S)N(C)C.S=c1[nH]sc2ccccc12. The molecule has 0 amide bonds. The minimum absolute atomic E-state index is 0.795. The molecule has 8 heteroatoms. The van der Waals surface area contributed by atoms with Gasteiger partial charge in [-0.2, -0.15) is 0 Å². The van der Waals surface area contributed by atoms with Crippen LogP contribution in [0.25, 0.3) is 10.1 Å². The lowest BCUT2D eigenvalue weighted by molar-refractivity contribution is 0.643. The second kappa shape index (κ2) is 8.79. The Kier molecular flexibility index (Phi) is 7.75. The maximum atomic E-state index is 5.05. The van der Waals surface area contributed by atoms with E-state index < -0.39 is 0 Å². The van der Waals surface area contributed by atoms with Crippen LogP contribution in [0.2, 0.25) is 0 Å². The number of rotatable bonds is 0. The van der Waals surface area contributed by atoms with Crippen LogP contribution in [0.15, 0.2) is 24.3 Å². The third kappa shape index (κ3) is 5.99. The zero-order valence-corrected chi connectivity index (χ0v) is 16.3. The summed E-state index contributed by atoms with van der Waals surface area (Å²) < 4.78 is 6.70. The van der Waals surface area contributed by atoms with Gasteiger partial charge in [0.05, 0.1) is 4.70 Å². The molecule has 2 aromatic rings. The highest BCUT2D eigenvalue weighted by atomic mass is 32.2. The van der Waals surface area contributed by atoms with Crippen LogP contribution in [0.4, 0.5) is 0 Å². The quantitative estimate of drug-likeness (QED) is 0.686. The molecule has 0 saturated carbocycles. The number of thiocarbonyl (C=S) groups is 2. The van der Waals surface area contributed by atoms with Gasteiger partial charge in [0.1, 0.15) is 13.3 Å². The summed E-state index contributed by atoms with van der Waals surface area (Å²) in [6.07, 6.45) is 0. The van der Waals surface area contributed by atoms with E-state index in [1.165, 1.54) is 16.5 Å². The number of nitrogens with zero attached hydrogens (tertiary/aromatic N) is 2. The Bertz CT molecular complexity index is 653. The van der Waals surface area contributed by atoms with Gasteiger partial charge in [-0.05, 0) is 17.8 Å². The van der Waals surface area contributed by atoms with Gasteiger partial charge in [-0.3, -0.25) is 0 Å². The van der Waals surface area contributed by atoms with E-state index >= 15 is 0 Å². The van der Waals surface area contributed by atoms with Crippen LogP contribution in [0.1, 0.15) is 0 Å². The zero-order chi connectivity index (χ0) is 16.0. The minimum Gasteiger partial charge on any atom is -0.363 e. The Morgan fingerprint density at radius 2 is 1.57 bits per heavy atom. The van der Waals surface area contributed by atoms with E-state index in [1.807, 2.05) is 56.2 Å². The van der Waals surface area contributed by atoms with Crippen LogP contribution in [-0.4, -0.2) is 51.0 Å². The summed E-state index contributed by atoms with van der Waals surface area (Å²) >= 11 is 18.2. The van der Waals surface area contributed by atoms with Crippen molar-refractivity contribution in [1.82, 2.24) is 14.2 Å². The number of aromatic amines is 1. The fourth-order valence-corrected chi connectivity index (χ4v) is 3.41. The van der Waals surface area contributed by atoms with Gasteiger partial charge < -0.3 is 14.2 Å². The van der Waals surface area contributed by atoms with Crippen LogP contribution in [0.5, 0.6) is 0 Å². The standard InChI is InChI=1S/C7H5NS2.C6H12N2S3/c9-7-5-3-1-2-4-6(5)10-8-7;1-7(2)5(9)11-6(10)8(3)4/h1-4H,(H,8,9);1-4H3. The van der Waals surface area contributed by atoms with Crippen molar-refractivity contribution in [3.8, 4) is 0 Å². The number of fused-ring (bicyclic) bond motifs is 1. The molecular formula is C13H17N3S5. The van der Waals surface area contributed by atoms with Crippen molar-refractivity contribution in [1.29, 1.82) is 0 Å². The second-order valence-corrected chi connectivity index (χ2v) is 7.98. The van der Waals surface area contributed by atoms with E-state index in [4.69, 9.17) is 36.7 Å². The molecule has 0 spiro atoms. The molecule has 114 valence electrons. The maximum Gasteiger partial charge on any atom is 0.142 e. The summed E-state index contributed by atoms with van der Waals surface area (Å²) in [5.74, 6) is 0. The molecule has 0 atom stereocenters. The molecule has 0 aliphatic carbocycles. The fraction of sp³-hybridized carbons (Fsp3) is 0.308. The van der Waals surface area contributed by atoms with E-state index in [2.05, 4.69) is 10.4 Å². The largest absolute Gasteiger partial charge is 0.363 e. The smallest absolute Gasteiger partial charge is 0.142 e. The van der Waals surface area contributed by atoms with Crippen LogP contribution in [-0.2, 0) is 0 Å². The van der Waals surface area contributed by atoms with E-state index in [-0.39, 0.29) is 0 Å². The van der Waals surface area contributed by atoms with Gasteiger partial charge in [-0.1, -0.05) is 66.4 Å². The van der Waals surface area contributed by atoms with Gasteiger partial charge in [0, 0.05) is 33.6 Å². The van der Waals surface area contributed by atoms with Gasteiger partial charge in [0.25, 0.3) is 0 Å². The lowest BCUT2D eigenvalue weighted by Gasteiger charge is -2.16. The van der Waals surface area contributed by atoms with E-state index in [0.29, 0.717) is 0 Å². The Morgan fingerprint density at radius 3 is 2.05 bits per heavy atom. The topological polar surface area (TPSA) is 22.3 Å². The maximum absolute atomic E-state index is 5.05. The van der Waals surface area contributed by atoms with Crippen molar-refractivity contribution < 1.29 is 0 Å². The molecule has 0 saturated heterocycles. The summed E-state index contributed by atoms with van der Waals surface area (Å²) in [5.41, 5.74) is 0. The van der Waals surface area contributed by atoms with Gasteiger partial charge in [0.15, 0.2) is 0 Å². The molecule has 21 heavy (non-hydrogen) atoms. The number of hydrogen-bond donors (Lipinski definition) is 1. The number of benzene rings is 1. The highest BCUT2D eigenvalue weighted by molar-refractivity contribution is 8.37. The van der Waals surface area contributed by atoms with Crippen LogP contribution < -0.4 is 0 Å². The summed E-state index contributed by atoms with van der Waals surface area (Å²) in [6.45, 7) is 0. The second-order valence-electron chi connectivity index (χ2n) is 4.45. The first kappa shape index (κ1) is 18.5. The molecule has 1 N–H and O–H groups in total. The third-order valence-corrected chi connectivity index (χ3v) is 5.93. The predicted molar refractivity (Wildman–Crippen MR) is 107 cm³/mol. The average Bonchev–Trinajstić information content (AvgIpc) is 2.81. The lowest BCUT2D eigenvalue weighted by Crippen LogP contribution is -2.23. The fourth-order valence-electron chi connectivity index (χ4n) is 1.16. The number of hydrogen-bond acceptors (Lipinski definition) is 5. The molecule has 0 aliphatic rings. The normalized spacial score (nSPS) is 9.71. The predicted octanol–water partition coefficient (Wildman–Crippen LogP) is 4.37. The Labute approximate surface area is 149 Å². The van der Waals surface area contributed by atoms with E-state index in [0.717, 1.165) is 18.7 Å². The molecule has 0 aliphatic heterocycles. The van der Waals surface area contributed by atoms with Gasteiger partial charge >= 0.3 is 0 Å². The van der Waals surface area contributed by atoms with E-state index in [1.54, 1.807) is 11.5 Å². The lowest BCUT2D eigenvalue weighted by atomic mass is 10.3. The minimum atomic E-state index is 0.795. The Balaban J connectivity index is 0.000000210. The van der Waals surface area contributed by atoms with Gasteiger partial charge in [-0.15, -0.1) is 0 Å². The van der Waals surface area contributed by atoms with Crippen molar-refractivity contribution in [2.45, 2.75) is 0 Å². The Morgan fingerprint density at radius 1 is 1.05 bits per heavy atom. The van der Waals surface area contributed by atoms with E-state index in [9.17, 15) is 0 Å². The zero-order valence-electron chi connectivity index (χ0n) is 12.2. The Hall–Kier alpha value is -0.540. The average molecular weight is 376 g/mol. The van der Waals surface area contributed by atoms with Crippen molar-refractivity contribution >= 4 is 78.7 Å².